The van der Waals surface area contributed by atoms with Crippen molar-refractivity contribution >= 4 is 54.0 Å². The molecular formula is C16H56O12S4. The molecule has 0 fully saturated rings. The van der Waals surface area contributed by atoms with Crippen molar-refractivity contribution in [2.24, 2.45) is 0 Å². The second kappa shape index (κ2) is 69.7. The second-order valence-corrected chi connectivity index (χ2v) is 2.89. The highest BCUT2D eigenvalue weighted by atomic mass is 32.1. The molecule has 0 rings (SSSR count). The van der Waals surface area contributed by atoms with E-state index in [9.17, 15) is 0 Å². The van der Waals surface area contributed by atoms with E-state index in [-0.39, 0.29) is 83.7 Å². The van der Waals surface area contributed by atoms with Gasteiger partial charge in [-0.2, -0.15) is 54.0 Å². The lowest BCUT2D eigenvalue weighted by Crippen LogP contribution is -2.15. The van der Waals surface area contributed by atoms with E-state index in [1.165, 1.54) is 0 Å². The highest BCUT2D eigenvalue weighted by molar-refractivity contribution is 7.59. The monoisotopic (exact) mass is 588 g/mol. The molecule has 0 bridgehead atoms. The summed E-state index contributed by atoms with van der Waals surface area (Å²) in [5.41, 5.74) is 0. The van der Waals surface area contributed by atoms with Crippen LogP contribution in [0.1, 0.15) is 46.2 Å². The zero-order chi connectivity index (χ0) is 30.6. The van der Waals surface area contributed by atoms with Crippen LogP contribution in [0.2, 0.25) is 0 Å². The van der Waals surface area contributed by atoms with Gasteiger partial charge in [0.25, 0.3) is 0 Å². The Labute approximate surface area is 238 Å². The largest absolute Gasteiger partial charge is 0.394 e. The van der Waals surface area contributed by atoms with Gasteiger partial charge >= 0.3 is 0 Å². The summed E-state index contributed by atoms with van der Waals surface area (Å²) in [6.07, 6.45) is -8.29. The van der Waals surface area contributed by atoms with E-state index in [2.05, 4.69) is 0 Å². The third kappa shape index (κ3) is 96.7. The molecule has 12 N–H and O–H groups in total. The first kappa shape index (κ1) is 31.0. The van der Waals surface area contributed by atoms with Gasteiger partial charge in [-0.05, 0) is 0 Å². The van der Waals surface area contributed by atoms with Crippen LogP contribution in [0.4, 0.5) is 0 Å². The molecule has 12 nitrogen and oxygen atoms in total. The van der Waals surface area contributed by atoms with Crippen molar-refractivity contribution in [2.75, 3.05) is 52.6 Å². The third-order valence-corrected chi connectivity index (χ3v) is 1.09. The fourth-order valence-corrected chi connectivity index (χ4v) is 0.133. The summed E-state index contributed by atoms with van der Waals surface area (Å²) in [5.74, 6) is 0. The van der Waals surface area contributed by atoms with E-state index in [1.807, 2.05) is 0 Å². The van der Waals surface area contributed by atoms with Gasteiger partial charge in [0, 0.05) is 0 Å². The summed E-state index contributed by atoms with van der Waals surface area (Å²) in [7, 11) is 0. The molecule has 0 aromatic carbocycles. The molecule has 0 saturated heterocycles. The average molecular weight is 589 g/mol. The molecule has 0 aliphatic rings. The van der Waals surface area contributed by atoms with Crippen molar-refractivity contribution in [2.45, 2.75) is 54.1 Å². The van der Waals surface area contributed by atoms with Crippen LogP contribution in [0.5, 0.6) is 0 Å². The number of aliphatic hydroxyl groups excluding tert-OH is 8. The van der Waals surface area contributed by atoms with Crippen molar-refractivity contribution in [1.82, 2.24) is 0 Å². The van der Waals surface area contributed by atoms with Crippen LogP contribution >= 0.6 is 54.0 Å². The predicted octanol–water partition coefficient (Wildman–Crippen LogP) is -3.68. The zero-order valence-corrected chi connectivity index (χ0v) is 18.0. The molecule has 0 aliphatic carbocycles. The van der Waals surface area contributed by atoms with Crippen molar-refractivity contribution in [1.29, 1.82) is 0 Å². The van der Waals surface area contributed by atoms with E-state index in [0.29, 0.717) is 0 Å². The molecule has 0 aromatic rings. The summed E-state index contributed by atoms with van der Waals surface area (Å²) in [6.45, 7) is -19.6. The number of hydrogen-bond acceptors (Lipinski definition) is 12. The smallest absolute Gasteiger partial charge is 0.100 e. The Morgan fingerprint density at radius 1 is 0.375 bits per heavy atom. The van der Waals surface area contributed by atoms with E-state index < -0.39 is 77.0 Å². The molecule has 0 amide bonds. The molecule has 0 heterocycles. The van der Waals surface area contributed by atoms with Crippen molar-refractivity contribution in [3.63, 3.8) is 0 Å². The van der Waals surface area contributed by atoms with Gasteiger partial charge in [-0.25, -0.2) is 0 Å². The Kier molecular flexibility index (Phi) is 67.4. The van der Waals surface area contributed by atoms with Gasteiger partial charge < -0.3 is 61.3 Å². The van der Waals surface area contributed by atoms with Crippen LogP contribution in [0.3, 0.4) is 0 Å². The molecule has 216 valence electrons. The normalized spacial score (nSPS) is 22.1. The lowest BCUT2D eigenvalue weighted by Gasteiger charge is -1.96. The molecule has 0 unspecified atom stereocenters. The Morgan fingerprint density at radius 2 is 0.469 bits per heavy atom. The summed E-state index contributed by atoms with van der Waals surface area (Å²) >= 11 is 0. The van der Waals surface area contributed by atoms with Gasteiger partial charge in [0.05, 0.1) is 69.0 Å². The van der Waals surface area contributed by atoms with Crippen molar-refractivity contribution in [3.05, 3.63) is 0 Å². The standard InChI is InChI=1S/4C3H8O3.4CH4.4H2S/c4*4-1-3(6)2-5;;;;;;;;/h4*3-6H,1-2H2;4*1H4;4*1H2/i4*1D2,2+1D,3+1;;;;;;;;/t2*2-,3+;2*2-,3-;;;;;;;;/m1010......../s1. The van der Waals surface area contributed by atoms with E-state index in [1.54, 1.807) is 0 Å². The Hall–Kier alpha value is 0.920. The molecular weight excluding hydrogens is 520 g/mol. The zero-order valence-electron chi connectivity index (χ0n) is 26.0. The van der Waals surface area contributed by atoms with E-state index >= 15 is 0 Å². The summed E-state index contributed by atoms with van der Waals surface area (Å²) in [5, 5.41) is 99.3. The molecule has 0 radical (unpaired) electrons. The Balaban J connectivity index is -0.0000000293. The first-order valence-corrected chi connectivity index (χ1v) is 5.45. The van der Waals surface area contributed by atoms with Gasteiger partial charge in [-0.3, -0.25) is 0 Å². The summed E-state index contributed by atoms with van der Waals surface area (Å²) < 4.78 is 76.3. The number of aliphatic hydroxyl groups is 12. The van der Waals surface area contributed by atoms with E-state index in [0.717, 1.165) is 0 Å². The van der Waals surface area contributed by atoms with Crippen molar-refractivity contribution in [3.8, 4) is 0 Å². The highest BCUT2D eigenvalue weighted by Crippen LogP contribution is 1.73. The predicted molar refractivity (Wildman–Crippen MR) is 149 cm³/mol. The molecule has 0 spiro atoms. The number of hydrogen-bond donors (Lipinski definition) is 12. The van der Waals surface area contributed by atoms with E-state index in [4.69, 9.17) is 77.7 Å². The minimum Gasteiger partial charge on any atom is -0.394 e. The quantitative estimate of drug-likeness (QED) is 0.123. The minimum atomic E-state index is -2.90. The highest BCUT2D eigenvalue weighted by Gasteiger charge is 1.95. The van der Waals surface area contributed by atoms with Crippen LogP contribution in [0.15, 0.2) is 0 Å². The fraction of sp³-hybridized carbons (Fsp3) is 1.00. The first-order chi connectivity index (χ1) is 15.4. The summed E-state index contributed by atoms with van der Waals surface area (Å²) in [6, 6.07) is 0. The first-order valence-electron chi connectivity index (χ1n) is 11.8. The minimum absolute atomic E-state index is 0. The van der Waals surface area contributed by atoms with Gasteiger partial charge in [-0.15, -0.1) is 0 Å². The van der Waals surface area contributed by atoms with Crippen LogP contribution < -0.4 is 0 Å². The summed E-state index contributed by atoms with van der Waals surface area (Å²) in [4.78, 5) is 0. The number of rotatable bonds is 8. The van der Waals surface area contributed by atoms with Gasteiger partial charge in [0.15, 0.2) is 0 Å². The fourth-order valence-electron chi connectivity index (χ4n) is 0.133. The maximum absolute atomic E-state index is 8.40. The Morgan fingerprint density at radius 3 is 0.469 bits per heavy atom. The molecule has 0 aliphatic heterocycles. The maximum atomic E-state index is 8.40. The lowest BCUT2D eigenvalue weighted by atomic mass is 11.0. The van der Waals surface area contributed by atoms with Crippen LogP contribution in [-0.4, -0.2) is 138 Å². The molecule has 0 aromatic heterocycles. The van der Waals surface area contributed by atoms with Crippen molar-refractivity contribution < 1.29 is 77.7 Å². The SMILES string of the molecule is C.C.C.C.S.S.S.S.[2H][13C@@H](O)[13C@@H](O)C([2H])([2H])O.[2H][13C@@H](O)[13C@H](O)C([2H])([2H])O.[2H][13C@H](O)[13C@@H](O)C([2H])([2H])O.[2H][13C@H](O)[13C@H](O)C([2H])([2H])O. The maximum Gasteiger partial charge on any atom is 0.100 e. The van der Waals surface area contributed by atoms with Gasteiger partial charge in [0.2, 0.25) is 0 Å². The van der Waals surface area contributed by atoms with Crippen LogP contribution in [0, 0.1) is 0 Å². The average Bonchev–Trinajstić information content (AvgIpc) is 2.63. The second-order valence-electron chi connectivity index (χ2n) is 2.89. The third-order valence-electron chi connectivity index (χ3n) is 1.09. The molecule has 32 heavy (non-hydrogen) atoms. The van der Waals surface area contributed by atoms with Gasteiger partial charge in [0.1, 0.15) is 24.4 Å². The molecule has 16 heteroatoms. The van der Waals surface area contributed by atoms with Crippen LogP contribution in [0.25, 0.3) is 0 Å². The van der Waals surface area contributed by atoms with Gasteiger partial charge in [-0.1, -0.05) is 29.7 Å². The molecule has 0 saturated carbocycles. The Bertz CT molecular complexity index is 476. The molecule has 8 atom stereocenters. The van der Waals surface area contributed by atoms with Crippen LogP contribution in [-0.2, 0) is 0 Å². The topological polar surface area (TPSA) is 243 Å². The lowest BCUT2D eigenvalue weighted by molar-refractivity contribution is 0.0450.